The molecular weight excluding hydrogens is 424 g/mol. The molecule has 0 heterocycles. The number of ether oxygens (including phenoxy) is 1. The Morgan fingerprint density at radius 3 is 2.53 bits per heavy atom. The minimum absolute atomic E-state index is 0.105. The fraction of sp³-hybridized carbons (Fsp3) is 0.462. The summed E-state index contributed by atoms with van der Waals surface area (Å²) in [6, 6.07) is 12.9. The Morgan fingerprint density at radius 2 is 1.88 bits per heavy atom. The summed E-state index contributed by atoms with van der Waals surface area (Å²) < 4.78 is 5.85. The Bertz CT molecular complexity index is 940. The van der Waals surface area contributed by atoms with Crippen LogP contribution in [0.5, 0.6) is 5.75 Å². The van der Waals surface area contributed by atoms with Crippen molar-refractivity contribution in [2.45, 2.75) is 71.5 Å². The van der Waals surface area contributed by atoms with Gasteiger partial charge >= 0.3 is 0 Å². The number of halogens is 1. The lowest BCUT2D eigenvalue weighted by molar-refractivity contribution is -0.143. The zero-order valence-electron chi connectivity index (χ0n) is 19.2. The zero-order chi connectivity index (χ0) is 23.1. The number of amides is 2. The summed E-state index contributed by atoms with van der Waals surface area (Å²) in [6.07, 6.45) is 4.77. The van der Waals surface area contributed by atoms with Crippen molar-refractivity contribution in [1.29, 1.82) is 0 Å². The van der Waals surface area contributed by atoms with Gasteiger partial charge in [-0.05, 0) is 56.4 Å². The maximum atomic E-state index is 13.3. The number of rotatable bonds is 9. The molecule has 1 fully saturated rings. The molecule has 1 saturated carbocycles. The van der Waals surface area contributed by atoms with Gasteiger partial charge in [-0.15, -0.1) is 0 Å². The highest BCUT2D eigenvalue weighted by Crippen LogP contribution is 2.23. The van der Waals surface area contributed by atoms with Gasteiger partial charge in [0.2, 0.25) is 5.91 Å². The summed E-state index contributed by atoms with van der Waals surface area (Å²) in [7, 11) is 0. The van der Waals surface area contributed by atoms with Crippen molar-refractivity contribution in [3.8, 4) is 5.75 Å². The molecule has 2 aromatic rings. The largest absolute Gasteiger partial charge is 0.483 e. The van der Waals surface area contributed by atoms with Crippen molar-refractivity contribution in [1.82, 2.24) is 10.2 Å². The average molecular weight is 457 g/mol. The predicted molar refractivity (Wildman–Crippen MR) is 128 cm³/mol. The summed E-state index contributed by atoms with van der Waals surface area (Å²) in [4.78, 5) is 28.1. The topological polar surface area (TPSA) is 58.6 Å². The van der Waals surface area contributed by atoms with Crippen molar-refractivity contribution < 1.29 is 14.3 Å². The normalized spacial score (nSPS) is 14.8. The Morgan fingerprint density at radius 1 is 1.16 bits per heavy atom. The van der Waals surface area contributed by atoms with E-state index >= 15 is 0 Å². The van der Waals surface area contributed by atoms with Crippen LogP contribution in [0.1, 0.15) is 55.7 Å². The molecule has 172 valence electrons. The van der Waals surface area contributed by atoms with E-state index in [0.717, 1.165) is 42.4 Å². The number of benzene rings is 2. The van der Waals surface area contributed by atoms with Crippen LogP contribution in [0.2, 0.25) is 5.02 Å². The molecule has 0 aliphatic heterocycles. The van der Waals surface area contributed by atoms with Crippen LogP contribution in [0.4, 0.5) is 0 Å². The van der Waals surface area contributed by atoms with Crippen molar-refractivity contribution in [3.05, 3.63) is 64.2 Å². The van der Waals surface area contributed by atoms with Gasteiger partial charge < -0.3 is 15.0 Å². The van der Waals surface area contributed by atoms with Crippen molar-refractivity contribution in [2.24, 2.45) is 0 Å². The highest BCUT2D eigenvalue weighted by Gasteiger charge is 2.31. The standard InChI is InChI=1S/C26H33ClN2O3/c1-4-23(26(31)28-21-10-6-7-11-21)29(16-20-9-5-8-12-22(20)27)25(30)17-32-24-14-13-18(2)15-19(24)3/h5,8-9,12-15,21,23H,4,6-7,10-11,16-17H2,1-3H3,(H,28,31). The SMILES string of the molecule is CCC(C(=O)NC1CCCC1)N(Cc1ccccc1Cl)C(=O)COc1ccc(C)cc1C. The fourth-order valence-electron chi connectivity index (χ4n) is 4.28. The monoisotopic (exact) mass is 456 g/mol. The molecule has 5 nitrogen and oxygen atoms in total. The maximum absolute atomic E-state index is 13.3. The molecule has 1 unspecified atom stereocenters. The first-order valence-electron chi connectivity index (χ1n) is 11.4. The lowest BCUT2D eigenvalue weighted by Crippen LogP contribution is -2.52. The van der Waals surface area contributed by atoms with Gasteiger partial charge in [0.25, 0.3) is 5.91 Å². The zero-order valence-corrected chi connectivity index (χ0v) is 20.0. The first-order chi connectivity index (χ1) is 15.4. The van der Waals surface area contributed by atoms with Crippen LogP contribution in [0.15, 0.2) is 42.5 Å². The summed E-state index contributed by atoms with van der Waals surface area (Å²) in [5.74, 6) is 0.328. The van der Waals surface area contributed by atoms with Crippen LogP contribution in [0.25, 0.3) is 0 Å². The highest BCUT2D eigenvalue weighted by atomic mass is 35.5. The van der Waals surface area contributed by atoms with E-state index in [-0.39, 0.29) is 31.0 Å². The molecule has 0 aromatic heterocycles. The molecule has 0 radical (unpaired) electrons. The number of carbonyl (C=O) groups excluding carboxylic acids is 2. The number of aryl methyl sites for hydroxylation is 2. The van der Waals surface area contributed by atoms with E-state index in [1.165, 1.54) is 0 Å². The van der Waals surface area contributed by atoms with E-state index in [1.54, 1.807) is 11.0 Å². The second-order valence-corrected chi connectivity index (χ2v) is 8.99. The molecule has 1 aliphatic rings. The van der Waals surface area contributed by atoms with Gasteiger partial charge in [0.05, 0.1) is 0 Å². The third-order valence-corrected chi connectivity index (χ3v) is 6.44. The quantitative estimate of drug-likeness (QED) is 0.564. The van der Waals surface area contributed by atoms with E-state index in [4.69, 9.17) is 16.3 Å². The molecule has 0 saturated heterocycles. The van der Waals surface area contributed by atoms with Gasteiger partial charge in [0, 0.05) is 17.6 Å². The van der Waals surface area contributed by atoms with Crippen molar-refractivity contribution in [2.75, 3.05) is 6.61 Å². The summed E-state index contributed by atoms with van der Waals surface area (Å²) in [6.45, 7) is 6.02. The number of hydrogen-bond acceptors (Lipinski definition) is 3. The second-order valence-electron chi connectivity index (χ2n) is 8.58. The molecule has 1 atom stereocenters. The lowest BCUT2D eigenvalue weighted by Gasteiger charge is -2.31. The second kappa shape index (κ2) is 11.4. The highest BCUT2D eigenvalue weighted by molar-refractivity contribution is 6.31. The Balaban J connectivity index is 1.78. The van der Waals surface area contributed by atoms with Gasteiger partial charge in [0.15, 0.2) is 6.61 Å². The van der Waals surface area contributed by atoms with Crippen molar-refractivity contribution >= 4 is 23.4 Å². The third-order valence-electron chi connectivity index (χ3n) is 6.07. The third kappa shape index (κ3) is 6.26. The average Bonchev–Trinajstić information content (AvgIpc) is 3.27. The molecule has 0 bridgehead atoms. The van der Waals surface area contributed by atoms with Crippen LogP contribution < -0.4 is 10.1 Å². The Labute approximate surface area is 196 Å². The summed E-state index contributed by atoms with van der Waals surface area (Å²) in [5, 5.41) is 3.72. The van der Waals surface area contributed by atoms with Gasteiger partial charge in [0.1, 0.15) is 11.8 Å². The van der Waals surface area contributed by atoms with Crippen molar-refractivity contribution in [3.63, 3.8) is 0 Å². The maximum Gasteiger partial charge on any atom is 0.261 e. The van der Waals surface area contributed by atoms with Crippen LogP contribution in [-0.4, -0.2) is 35.4 Å². The van der Waals surface area contributed by atoms with Crippen LogP contribution in [0, 0.1) is 13.8 Å². The molecule has 0 spiro atoms. The van der Waals surface area contributed by atoms with E-state index in [2.05, 4.69) is 5.32 Å². The molecule has 2 amide bonds. The Kier molecular flexibility index (Phi) is 8.57. The van der Waals surface area contributed by atoms with Gasteiger partial charge in [-0.3, -0.25) is 9.59 Å². The number of hydrogen-bond donors (Lipinski definition) is 1. The number of nitrogens with zero attached hydrogens (tertiary/aromatic N) is 1. The Hall–Kier alpha value is -2.53. The first-order valence-corrected chi connectivity index (χ1v) is 11.8. The van der Waals surface area contributed by atoms with E-state index < -0.39 is 6.04 Å². The van der Waals surface area contributed by atoms with Crippen LogP contribution in [-0.2, 0) is 16.1 Å². The van der Waals surface area contributed by atoms with E-state index in [9.17, 15) is 9.59 Å². The summed E-state index contributed by atoms with van der Waals surface area (Å²) >= 11 is 6.38. The predicted octanol–water partition coefficient (Wildman–Crippen LogP) is 5.20. The number of carbonyl (C=O) groups is 2. The van der Waals surface area contributed by atoms with Crippen LogP contribution >= 0.6 is 11.6 Å². The minimum atomic E-state index is -0.581. The van der Waals surface area contributed by atoms with Gasteiger partial charge in [-0.2, -0.15) is 0 Å². The molecule has 2 aromatic carbocycles. The lowest BCUT2D eigenvalue weighted by atomic mass is 10.1. The van der Waals surface area contributed by atoms with Gasteiger partial charge in [-0.25, -0.2) is 0 Å². The van der Waals surface area contributed by atoms with E-state index in [1.807, 2.05) is 57.2 Å². The smallest absolute Gasteiger partial charge is 0.261 e. The molecule has 32 heavy (non-hydrogen) atoms. The van der Waals surface area contributed by atoms with Crippen LogP contribution in [0.3, 0.4) is 0 Å². The molecule has 3 rings (SSSR count). The molecule has 6 heteroatoms. The molecule has 1 N–H and O–H groups in total. The van der Waals surface area contributed by atoms with Gasteiger partial charge in [-0.1, -0.05) is 67.3 Å². The number of nitrogens with one attached hydrogen (secondary N) is 1. The minimum Gasteiger partial charge on any atom is -0.483 e. The molecular formula is C26H33ClN2O3. The molecule has 1 aliphatic carbocycles. The summed E-state index contributed by atoms with van der Waals surface area (Å²) in [5.41, 5.74) is 2.92. The van der Waals surface area contributed by atoms with E-state index in [0.29, 0.717) is 17.2 Å². The fourth-order valence-corrected chi connectivity index (χ4v) is 4.48. The first kappa shape index (κ1) is 24.1.